The topological polar surface area (TPSA) is 75.9 Å². The van der Waals surface area contributed by atoms with Crippen molar-refractivity contribution in [2.75, 3.05) is 37.7 Å². The summed E-state index contributed by atoms with van der Waals surface area (Å²) in [5, 5.41) is 11.4. The maximum Gasteiger partial charge on any atom is 0.416 e. The Morgan fingerprint density at radius 2 is 1.79 bits per heavy atom. The summed E-state index contributed by atoms with van der Waals surface area (Å²) in [6, 6.07) is 8.37. The second kappa shape index (κ2) is 9.68. The number of nitro groups is 1. The van der Waals surface area contributed by atoms with Crippen molar-refractivity contribution in [2.45, 2.75) is 32.9 Å². The molecule has 33 heavy (non-hydrogen) atoms. The lowest BCUT2D eigenvalue weighted by molar-refractivity contribution is -0.384. The van der Waals surface area contributed by atoms with Crippen LogP contribution in [-0.2, 0) is 11.0 Å². The summed E-state index contributed by atoms with van der Waals surface area (Å²) in [6.45, 7) is 6.98. The highest BCUT2D eigenvalue weighted by Gasteiger charge is 2.34. The summed E-state index contributed by atoms with van der Waals surface area (Å²) >= 11 is 0. The molecule has 1 heterocycles. The van der Waals surface area contributed by atoms with Crippen molar-refractivity contribution in [1.29, 1.82) is 0 Å². The van der Waals surface area contributed by atoms with E-state index >= 15 is 0 Å². The number of hydrogen-bond acceptors (Lipinski definition) is 5. The molecule has 1 amide bonds. The monoisotopic (exact) mass is 465 g/mol. The summed E-state index contributed by atoms with van der Waals surface area (Å²) in [6.07, 6.45) is -4.67. The number of carbonyl (C=O) groups excluding carboxylic acids is 1. The van der Waals surface area contributed by atoms with Crippen molar-refractivity contribution in [3.63, 3.8) is 0 Å². The second-order valence-electron chi connectivity index (χ2n) is 8.31. The molecule has 0 aliphatic carbocycles. The molecular formula is C23H26F3N3O4. The molecule has 1 aliphatic heterocycles. The Balaban J connectivity index is 1.64. The fourth-order valence-electron chi connectivity index (χ4n) is 3.78. The predicted molar refractivity (Wildman–Crippen MR) is 118 cm³/mol. The van der Waals surface area contributed by atoms with Crippen LogP contribution in [0.25, 0.3) is 0 Å². The summed E-state index contributed by atoms with van der Waals surface area (Å²) in [5.41, 5.74) is 0.466. The lowest BCUT2D eigenvalue weighted by atomic mass is 10.0. The number of aryl methyl sites for hydroxylation is 1. The minimum atomic E-state index is -4.67. The molecule has 0 spiro atoms. The zero-order valence-electron chi connectivity index (χ0n) is 18.7. The van der Waals surface area contributed by atoms with Crippen LogP contribution in [-0.4, -0.2) is 48.5 Å². The van der Waals surface area contributed by atoms with Gasteiger partial charge in [0.2, 0.25) is 0 Å². The lowest BCUT2D eigenvalue weighted by Crippen LogP contribution is -2.50. The van der Waals surface area contributed by atoms with Gasteiger partial charge in [-0.3, -0.25) is 14.9 Å². The summed E-state index contributed by atoms with van der Waals surface area (Å²) in [7, 11) is 0. The van der Waals surface area contributed by atoms with Gasteiger partial charge in [-0.15, -0.1) is 0 Å². The molecule has 3 rings (SSSR count). The van der Waals surface area contributed by atoms with Crippen molar-refractivity contribution in [2.24, 2.45) is 0 Å². The van der Waals surface area contributed by atoms with Crippen molar-refractivity contribution < 1.29 is 27.6 Å². The number of nitrogens with zero attached hydrogens (tertiary/aromatic N) is 3. The number of ether oxygens (including phenoxy) is 1. The number of amides is 1. The Morgan fingerprint density at radius 3 is 2.36 bits per heavy atom. The second-order valence-corrected chi connectivity index (χ2v) is 8.31. The first-order valence-electron chi connectivity index (χ1n) is 10.6. The van der Waals surface area contributed by atoms with E-state index < -0.39 is 22.4 Å². The number of nitro benzene ring substituents is 1. The predicted octanol–water partition coefficient (Wildman–Crippen LogP) is 4.77. The molecule has 0 saturated carbocycles. The van der Waals surface area contributed by atoms with Crippen LogP contribution in [0.5, 0.6) is 5.75 Å². The zero-order valence-corrected chi connectivity index (χ0v) is 18.7. The van der Waals surface area contributed by atoms with Crippen molar-refractivity contribution >= 4 is 17.3 Å². The first kappa shape index (κ1) is 24.3. The molecule has 2 aromatic carbocycles. The Bertz CT molecular complexity index is 1030. The van der Waals surface area contributed by atoms with Crippen molar-refractivity contribution in [3.8, 4) is 5.75 Å². The third-order valence-electron chi connectivity index (χ3n) is 5.61. The summed E-state index contributed by atoms with van der Waals surface area (Å²) in [4.78, 5) is 26.4. The Labute approximate surface area is 189 Å². The van der Waals surface area contributed by atoms with Crippen LogP contribution in [0.4, 0.5) is 24.5 Å². The van der Waals surface area contributed by atoms with E-state index in [4.69, 9.17) is 4.74 Å². The van der Waals surface area contributed by atoms with Gasteiger partial charge in [0.05, 0.1) is 10.5 Å². The Hall–Kier alpha value is -3.30. The van der Waals surface area contributed by atoms with Gasteiger partial charge in [-0.2, -0.15) is 13.2 Å². The van der Waals surface area contributed by atoms with Gasteiger partial charge in [-0.05, 0) is 42.2 Å². The molecule has 0 bridgehead atoms. The van der Waals surface area contributed by atoms with Gasteiger partial charge in [0.1, 0.15) is 11.4 Å². The van der Waals surface area contributed by atoms with E-state index in [2.05, 4.69) is 0 Å². The molecule has 10 heteroatoms. The number of alkyl halides is 3. The highest BCUT2D eigenvalue weighted by atomic mass is 19.4. The molecule has 1 aliphatic rings. The van der Waals surface area contributed by atoms with Crippen LogP contribution < -0.4 is 9.64 Å². The molecule has 0 N–H and O–H groups in total. The van der Waals surface area contributed by atoms with Crippen molar-refractivity contribution in [3.05, 3.63) is 63.2 Å². The van der Waals surface area contributed by atoms with Crippen LogP contribution >= 0.6 is 0 Å². The maximum atomic E-state index is 12.9. The van der Waals surface area contributed by atoms with Crippen LogP contribution in [0.1, 0.15) is 36.5 Å². The highest BCUT2D eigenvalue weighted by molar-refractivity contribution is 5.78. The maximum absolute atomic E-state index is 12.9. The standard InChI is InChI=1S/C23H26F3N3O4/c1-15(2)18-6-4-16(3)12-21(18)33-14-22(30)28-10-8-27(9-11-28)19-7-5-17(23(24,25)26)13-20(19)29(31)32/h4-7,12-13,15H,8-11,14H2,1-3H3. The normalized spacial score (nSPS) is 14.5. The quantitative estimate of drug-likeness (QED) is 0.454. The van der Waals surface area contributed by atoms with E-state index in [9.17, 15) is 28.1 Å². The van der Waals surface area contributed by atoms with Crippen molar-refractivity contribution in [1.82, 2.24) is 4.90 Å². The zero-order chi connectivity index (χ0) is 24.3. The SMILES string of the molecule is Cc1ccc(C(C)C)c(OCC(=O)N2CCN(c3ccc(C(F)(F)F)cc3[N+](=O)[O-])CC2)c1. The highest BCUT2D eigenvalue weighted by Crippen LogP contribution is 2.36. The van der Waals surface area contributed by atoms with Crippen LogP contribution in [0.3, 0.4) is 0 Å². The third-order valence-corrected chi connectivity index (χ3v) is 5.61. The summed E-state index contributed by atoms with van der Waals surface area (Å²) in [5.74, 6) is 0.684. The van der Waals surface area contributed by atoms with Gasteiger partial charge in [-0.25, -0.2) is 0 Å². The Morgan fingerprint density at radius 1 is 1.12 bits per heavy atom. The lowest BCUT2D eigenvalue weighted by Gasteiger charge is -2.35. The van der Waals surface area contributed by atoms with Gasteiger partial charge >= 0.3 is 6.18 Å². The van der Waals surface area contributed by atoms with E-state index in [1.807, 2.05) is 39.0 Å². The average molecular weight is 465 g/mol. The molecule has 0 unspecified atom stereocenters. The number of carbonyl (C=O) groups is 1. The molecule has 1 saturated heterocycles. The number of hydrogen-bond donors (Lipinski definition) is 0. The van der Waals surface area contributed by atoms with E-state index in [0.717, 1.165) is 23.3 Å². The minimum absolute atomic E-state index is 0.109. The molecule has 1 fully saturated rings. The molecule has 0 aromatic heterocycles. The van der Waals surface area contributed by atoms with Gasteiger partial charge in [0.25, 0.3) is 11.6 Å². The molecule has 178 valence electrons. The molecular weight excluding hydrogens is 439 g/mol. The fraction of sp³-hybridized carbons (Fsp3) is 0.435. The van der Waals surface area contributed by atoms with E-state index in [1.54, 1.807) is 9.80 Å². The number of benzene rings is 2. The number of halogens is 3. The minimum Gasteiger partial charge on any atom is -0.483 e. The van der Waals surface area contributed by atoms with E-state index in [1.165, 1.54) is 0 Å². The van der Waals surface area contributed by atoms with Gasteiger partial charge < -0.3 is 14.5 Å². The molecule has 0 radical (unpaired) electrons. The smallest absolute Gasteiger partial charge is 0.416 e. The first-order chi connectivity index (χ1) is 15.5. The summed E-state index contributed by atoms with van der Waals surface area (Å²) < 4.78 is 44.6. The van der Waals surface area contributed by atoms with Crippen LogP contribution in [0.15, 0.2) is 36.4 Å². The van der Waals surface area contributed by atoms with Crippen LogP contribution in [0.2, 0.25) is 0 Å². The van der Waals surface area contributed by atoms with E-state index in [0.29, 0.717) is 11.8 Å². The third kappa shape index (κ3) is 5.74. The average Bonchev–Trinajstić information content (AvgIpc) is 2.76. The van der Waals surface area contributed by atoms with Gasteiger partial charge in [0, 0.05) is 32.2 Å². The fourth-order valence-corrected chi connectivity index (χ4v) is 3.78. The molecule has 7 nitrogen and oxygen atoms in total. The van der Waals surface area contributed by atoms with E-state index in [-0.39, 0.29) is 50.3 Å². The van der Waals surface area contributed by atoms with Gasteiger partial charge in [0.15, 0.2) is 6.61 Å². The number of piperazine rings is 1. The first-order valence-corrected chi connectivity index (χ1v) is 10.6. The number of anilines is 1. The van der Waals surface area contributed by atoms with Gasteiger partial charge in [-0.1, -0.05) is 26.0 Å². The number of rotatable bonds is 6. The largest absolute Gasteiger partial charge is 0.483 e. The molecule has 2 aromatic rings. The molecule has 0 atom stereocenters. The van der Waals surface area contributed by atoms with Crippen LogP contribution in [0, 0.1) is 17.0 Å². The Kier molecular flexibility index (Phi) is 7.14.